The smallest absolute Gasteiger partial charge is 0.334 e. The molecular formula is C26H34O6. The van der Waals surface area contributed by atoms with E-state index in [0.29, 0.717) is 44.1 Å². The summed E-state index contributed by atoms with van der Waals surface area (Å²) in [7, 11) is 0. The van der Waals surface area contributed by atoms with E-state index in [1.807, 2.05) is 19.9 Å². The molecule has 5 aliphatic rings. The van der Waals surface area contributed by atoms with Gasteiger partial charge < -0.3 is 20.1 Å². The third kappa shape index (κ3) is 2.75. The Morgan fingerprint density at radius 2 is 1.88 bits per heavy atom. The van der Waals surface area contributed by atoms with E-state index in [1.54, 1.807) is 6.92 Å². The van der Waals surface area contributed by atoms with Gasteiger partial charge in [-0.15, -0.1) is 0 Å². The molecule has 0 aromatic carbocycles. The Labute approximate surface area is 189 Å². The molecule has 174 valence electrons. The molecular weight excluding hydrogens is 408 g/mol. The fraction of sp³-hybridized carbons (Fsp3) is 0.692. The molecule has 0 aromatic rings. The van der Waals surface area contributed by atoms with Gasteiger partial charge in [-0.25, -0.2) is 4.79 Å². The van der Waals surface area contributed by atoms with E-state index in [9.17, 15) is 24.9 Å². The fourth-order valence-electron chi connectivity index (χ4n) is 7.62. The van der Waals surface area contributed by atoms with Crippen molar-refractivity contribution in [2.75, 3.05) is 0 Å². The molecule has 3 N–H and O–H groups in total. The summed E-state index contributed by atoms with van der Waals surface area (Å²) in [6, 6.07) is 0. The Bertz CT molecular complexity index is 961. The van der Waals surface area contributed by atoms with E-state index < -0.39 is 40.7 Å². The molecule has 0 amide bonds. The first-order chi connectivity index (χ1) is 15.0. The van der Waals surface area contributed by atoms with Gasteiger partial charge in [0.25, 0.3) is 0 Å². The minimum atomic E-state index is -1.53. The number of hydrogen-bond acceptors (Lipinski definition) is 6. The number of rotatable bonds is 2. The lowest BCUT2D eigenvalue weighted by molar-refractivity contribution is -0.206. The van der Waals surface area contributed by atoms with Gasteiger partial charge in [0.1, 0.15) is 18.0 Å². The van der Waals surface area contributed by atoms with E-state index in [-0.39, 0.29) is 24.0 Å². The molecule has 32 heavy (non-hydrogen) atoms. The quantitative estimate of drug-likeness (QED) is 0.568. The highest BCUT2D eigenvalue weighted by molar-refractivity contribution is 5.91. The predicted molar refractivity (Wildman–Crippen MR) is 117 cm³/mol. The summed E-state index contributed by atoms with van der Waals surface area (Å²) in [6.07, 6.45) is 7.27. The average Bonchev–Trinajstić information content (AvgIpc) is 3.04. The maximum Gasteiger partial charge on any atom is 0.334 e. The van der Waals surface area contributed by atoms with E-state index in [1.165, 1.54) is 0 Å². The lowest BCUT2D eigenvalue weighted by Gasteiger charge is -2.57. The number of carbonyl (C=O) groups excluding carboxylic acids is 2. The Morgan fingerprint density at radius 1 is 1.12 bits per heavy atom. The molecule has 6 nitrogen and oxygen atoms in total. The van der Waals surface area contributed by atoms with Gasteiger partial charge in [-0.1, -0.05) is 23.8 Å². The van der Waals surface area contributed by atoms with Crippen LogP contribution in [0.15, 0.2) is 34.9 Å². The van der Waals surface area contributed by atoms with Crippen LogP contribution in [-0.4, -0.2) is 50.5 Å². The molecule has 1 heterocycles. The molecule has 0 aromatic heterocycles. The maximum absolute atomic E-state index is 13.0. The number of ether oxygens (including phenoxy) is 1. The number of ketones is 1. The minimum absolute atomic E-state index is 0.0148. The monoisotopic (exact) mass is 442 g/mol. The Hall–Kier alpha value is -1.76. The van der Waals surface area contributed by atoms with Crippen molar-refractivity contribution in [2.45, 2.75) is 89.1 Å². The molecule has 0 bridgehead atoms. The SMILES string of the molecule is CC1=C(C)C(=O)O[C@@H]([C@H](O)[C@]2(O)CC[C@]3(O)[C@@H]2CC[C@H]2[C@H]3CC=C3C=CCC(=O)[C@@]32C)C1. The number of carbonyl (C=O) groups is 2. The molecule has 0 spiro atoms. The first-order valence-corrected chi connectivity index (χ1v) is 11.9. The van der Waals surface area contributed by atoms with Gasteiger partial charge in [0, 0.05) is 24.3 Å². The van der Waals surface area contributed by atoms with Gasteiger partial charge in [-0.2, -0.15) is 0 Å². The van der Waals surface area contributed by atoms with Gasteiger partial charge in [-0.3, -0.25) is 4.79 Å². The zero-order valence-corrected chi connectivity index (χ0v) is 19.1. The van der Waals surface area contributed by atoms with Crippen LogP contribution in [0.3, 0.4) is 0 Å². The van der Waals surface area contributed by atoms with Gasteiger partial charge in [-0.05, 0) is 70.3 Å². The maximum atomic E-state index is 13.0. The van der Waals surface area contributed by atoms with Crippen molar-refractivity contribution in [3.05, 3.63) is 34.9 Å². The van der Waals surface area contributed by atoms with Crippen molar-refractivity contribution in [3.63, 3.8) is 0 Å². The van der Waals surface area contributed by atoms with Gasteiger partial charge in [0.15, 0.2) is 0 Å². The largest absolute Gasteiger partial charge is 0.456 e. The van der Waals surface area contributed by atoms with Crippen LogP contribution in [0.5, 0.6) is 0 Å². The van der Waals surface area contributed by atoms with Crippen molar-refractivity contribution in [2.24, 2.45) is 23.2 Å². The highest BCUT2D eigenvalue weighted by Crippen LogP contribution is 2.63. The third-order valence-corrected chi connectivity index (χ3v) is 9.72. The number of hydrogen-bond donors (Lipinski definition) is 3. The second-order valence-electron chi connectivity index (χ2n) is 11.0. The first-order valence-electron chi connectivity index (χ1n) is 11.9. The van der Waals surface area contributed by atoms with Gasteiger partial charge in [0.05, 0.1) is 16.6 Å². The summed E-state index contributed by atoms with van der Waals surface area (Å²) in [5.74, 6) is -0.918. The van der Waals surface area contributed by atoms with Crippen molar-refractivity contribution in [3.8, 4) is 0 Å². The summed E-state index contributed by atoms with van der Waals surface area (Å²) in [5, 5.41) is 35.0. The van der Waals surface area contributed by atoms with Crippen LogP contribution in [0.1, 0.15) is 65.7 Å². The normalized spacial score (nSPS) is 46.8. The molecule has 1 aliphatic heterocycles. The molecule has 2 saturated carbocycles. The number of aliphatic hydroxyl groups is 3. The first kappa shape index (κ1) is 22.1. The van der Waals surface area contributed by atoms with Crippen LogP contribution in [0.25, 0.3) is 0 Å². The van der Waals surface area contributed by atoms with Crippen LogP contribution in [0.2, 0.25) is 0 Å². The van der Waals surface area contributed by atoms with Crippen molar-refractivity contribution >= 4 is 11.8 Å². The molecule has 2 fully saturated rings. The van der Waals surface area contributed by atoms with E-state index in [2.05, 4.69) is 12.2 Å². The minimum Gasteiger partial charge on any atom is -0.456 e. The van der Waals surface area contributed by atoms with Crippen molar-refractivity contribution < 1.29 is 29.6 Å². The summed E-state index contributed by atoms with van der Waals surface area (Å²) in [4.78, 5) is 25.2. The Morgan fingerprint density at radius 3 is 2.59 bits per heavy atom. The summed E-state index contributed by atoms with van der Waals surface area (Å²) >= 11 is 0. The molecule has 4 aliphatic carbocycles. The highest BCUT2D eigenvalue weighted by atomic mass is 16.6. The van der Waals surface area contributed by atoms with Crippen LogP contribution in [-0.2, 0) is 14.3 Å². The Kier molecular flexibility index (Phi) is 4.90. The number of cyclic esters (lactones) is 1. The molecule has 8 atom stereocenters. The molecule has 5 rings (SSSR count). The van der Waals surface area contributed by atoms with Crippen LogP contribution in [0.4, 0.5) is 0 Å². The van der Waals surface area contributed by atoms with Gasteiger partial charge >= 0.3 is 5.97 Å². The second-order valence-corrected chi connectivity index (χ2v) is 11.0. The summed E-state index contributed by atoms with van der Waals surface area (Å²) in [6.45, 7) is 5.57. The van der Waals surface area contributed by atoms with Crippen LogP contribution in [0, 0.1) is 23.2 Å². The van der Waals surface area contributed by atoms with Gasteiger partial charge in [0.2, 0.25) is 0 Å². The summed E-state index contributed by atoms with van der Waals surface area (Å²) in [5.41, 5.74) is -0.837. The average molecular weight is 443 g/mol. The number of allylic oxidation sites excluding steroid dienone is 4. The van der Waals surface area contributed by atoms with Crippen LogP contribution >= 0.6 is 0 Å². The zero-order chi connectivity index (χ0) is 23.1. The Balaban J connectivity index is 1.45. The standard InChI is InChI=1S/C26H34O6/c1-14-13-19(32-23(29)15(14)2)22(28)26(31)12-11-25(30)18-8-7-16-5-4-6-21(27)24(16,3)17(18)9-10-20(25)26/h4-5,7,17-20,22,28,30-31H,6,8-13H2,1-3H3/t17-,18+,19+,20-,22-,24-,25+,26-/m0/s1. The number of Topliss-reactive ketones (excluding diaryl/α,β-unsaturated/α-hetero) is 1. The number of esters is 1. The number of fused-ring (bicyclic) bond motifs is 5. The summed E-state index contributed by atoms with van der Waals surface area (Å²) < 4.78 is 5.48. The molecule has 0 radical (unpaired) electrons. The topological polar surface area (TPSA) is 104 Å². The third-order valence-electron chi connectivity index (χ3n) is 9.72. The fourth-order valence-corrected chi connectivity index (χ4v) is 7.62. The highest BCUT2D eigenvalue weighted by Gasteiger charge is 2.68. The van der Waals surface area contributed by atoms with Crippen molar-refractivity contribution in [1.82, 2.24) is 0 Å². The number of aliphatic hydroxyl groups excluding tert-OH is 1. The van der Waals surface area contributed by atoms with Crippen molar-refractivity contribution in [1.29, 1.82) is 0 Å². The van der Waals surface area contributed by atoms with E-state index in [4.69, 9.17) is 4.74 Å². The van der Waals surface area contributed by atoms with Crippen LogP contribution < -0.4 is 0 Å². The molecule has 0 unspecified atom stereocenters. The predicted octanol–water partition coefficient (Wildman–Crippen LogP) is 2.76. The molecule has 6 heteroatoms. The van der Waals surface area contributed by atoms with E-state index >= 15 is 0 Å². The second kappa shape index (κ2) is 7.12. The van der Waals surface area contributed by atoms with E-state index in [0.717, 1.165) is 11.1 Å². The molecule has 0 saturated heterocycles. The zero-order valence-electron chi connectivity index (χ0n) is 19.1. The lowest BCUT2D eigenvalue weighted by Crippen LogP contribution is -2.62. The lowest BCUT2D eigenvalue weighted by atomic mass is 9.49.